The Morgan fingerprint density at radius 2 is 1.68 bits per heavy atom. The van der Waals surface area contributed by atoms with E-state index in [1.54, 1.807) is 0 Å². The average molecular weight is 331 g/mol. The van der Waals surface area contributed by atoms with Gasteiger partial charge in [0.15, 0.2) is 11.6 Å². The van der Waals surface area contributed by atoms with Crippen molar-refractivity contribution in [1.82, 2.24) is 0 Å². The maximum absolute atomic E-state index is 13.7. The van der Waals surface area contributed by atoms with Crippen LogP contribution in [0.2, 0.25) is 0 Å². The molecule has 0 spiro atoms. The van der Waals surface area contributed by atoms with Crippen LogP contribution in [0.15, 0.2) is 36.4 Å². The molecule has 19 heavy (non-hydrogen) atoms. The minimum atomic E-state index is -0.585. The highest BCUT2D eigenvalue weighted by atomic mass is 79.9. The van der Waals surface area contributed by atoms with Gasteiger partial charge in [0.05, 0.1) is 11.9 Å². The number of rotatable bonds is 3. The molecular formula is C14H10BrF3O. The number of methoxy groups -OCH3 is 1. The molecule has 0 N–H and O–H groups in total. The molecule has 0 saturated heterocycles. The minimum Gasteiger partial charge on any atom is -0.494 e. The van der Waals surface area contributed by atoms with Crippen molar-refractivity contribution in [2.24, 2.45) is 0 Å². The average Bonchev–Trinajstić information content (AvgIpc) is 2.41. The van der Waals surface area contributed by atoms with Crippen LogP contribution in [-0.4, -0.2) is 7.11 Å². The van der Waals surface area contributed by atoms with Crippen molar-refractivity contribution in [3.8, 4) is 5.75 Å². The van der Waals surface area contributed by atoms with Crippen LogP contribution in [0, 0.1) is 17.5 Å². The molecule has 0 aliphatic carbocycles. The normalized spacial score (nSPS) is 12.3. The molecule has 5 heteroatoms. The van der Waals surface area contributed by atoms with Crippen molar-refractivity contribution >= 4 is 15.9 Å². The molecule has 2 aromatic rings. The predicted molar refractivity (Wildman–Crippen MR) is 70.1 cm³/mol. The Hall–Kier alpha value is -1.49. The van der Waals surface area contributed by atoms with E-state index < -0.39 is 22.3 Å². The zero-order valence-electron chi connectivity index (χ0n) is 9.96. The summed E-state index contributed by atoms with van der Waals surface area (Å²) in [5.74, 6) is -1.52. The first-order valence-electron chi connectivity index (χ1n) is 5.45. The van der Waals surface area contributed by atoms with Gasteiger partial charge in [0, 0.05) is 5.56 Å². The molecule has 2 rings (SSSR count). The molecule has 0 saturated carbocycles. The van der Waals surface area contributed by atoms with Crippen LogP contribution in [-0.2, 0) is 0 Å². The van der Waals surface area contributed by atoms with Gasteiger partial charge in [-0.05, 0) is 35.9 Å². The molecule has 1 nitrogen and oxygen atoms in total. The van der Waals surface area contributed by atoms with E-state index in [1.165, 1.54) is 25.3 Å². The van der Waals surface area contributed by atoms with Gasteiger partial charge >= 0.3 is 0 Å². The smallest absolute Gasteiger partial charge is 0.165 e. The lowest BCUT2D eigenvalue weighted by Gasteiger charge is -2.13. The van der Waals surface area contributed by atoms with E-state index in [2.05, 4.69) is 15.9 Å². The number of hydrogen-bond donors (Lipinski definition) is 0. The van der Waals surface area contributed by atoms with Gasteiger partial charge < -0.3 is 4.74 Å². The first-order chi connectivity index (χ1) is 9.02. The number of benzene rings is 2. The number of hydrogen-bond acceptors (Lipinski definition) is 1. The van der Waals surface area contributed by atoms with Gasteiger partial charge in [-0.15, -0.1) is 0 Å². The van der Waals surface area contributed by atoms with Gasteiger partial charge in [-0.25, -0.2) is 13.2 Å². The van der Waals surface area contributed by atoms with Crippen molar-refractivity contribution in [2.75, 3.05) is 7.11 Å². The summed E-state index contributed by atoms with van der Waals surface area (Å²) in [6.07, 6.45) is 0. The summed E-state index contributed by atoms with van der Waals surface area (Å²) < 4.78 is 45.0. The molecule has 100 valence electrons. The van der Waals surface area contributed by atoms with Gasteiger partial charge in [0.2, 0.25) is 0 Å². The van der Waals surface area contributed by atoms with Gasteiger partial charge in [-0.3, -0.25) is 0 Å². The van der Waals surface area contributed by atoms with Crippen molar-refractivity contribution in [3.05, 3.63) is 65.0 Å². The lowest BCUT2D eigenvalue weighted by atomic mass is 10.0. The second-order valence-electron chi connectivity index (χ2n) is 3.92. The predicted octanol–water partition coefficient (Wildman–Crippen LogP) is 4.60. The molecule has 0 aromatic heterocycles. The summed E-state index contributed by atoms with van der Waals surface area (Å²) in [6, 6.07) is 7.36. The van der Waals surface area contributed by atoms with Gasteiger partial charge in [-0.1, -0.05) is 22.0 Å². The van der Waals surface area contributed by atoms with Crippen LogP contribution >= 0.6 is 15.9 Å². The lowest BCUT2D eigenvalue weighted by molar-refractivity contribution is 0.386. The first-order valence-corrected chi connectivity index (χ1v) is 6.37. The largest absolute Gasteiger partial charge is 0.494 e. The van der Waals surface area contributed by atoms with E-state index in [1.807, 2.05) is 0 Å². The van der Waals surface area contributed by atoms with E-state index >= 15 is 0 Å². The van der Waals surface area contributed by atoms with Crippen LogP contribution in [0.5, 0.6) is 5.75 Å². The quantitative estimate of drug-likeness (QED) is 0.747. The molecule has 0 bridgehead atoms. The van der Waals surface area contributed by atoms with Crippen LogP contribution < -0.4 is 4.74 Å². The zero-order valence-corrected chi connectivity index (χ0v) is 11.5. The molecule has 0 radical (unpaired) electrons. The van der Waals surface area contributed by atoms with E-state index in [4.69, 9.17) is 4.74 Å². The number of alkyl halides is 1. The van der Waals surface area contributed by atoms with Crippen LogP contribution in [0.4, 0.5) is 13.2 Å². The van der Waals surface area contributed by atoms with Crippen molar-refractivity contribution in [2.45, 2.75) is 4.83 Å². The highest BCUT2D eigenvalue weighted by molar-refractivity contribution is 9.09. The fourth-order valence-electron chi connectivity index (χ4n) is 1.72. The molecule has 1 atom stereocenters. The van der Waals surface area contributed by atoms with Crippen LogP contribution in [0.25, 0.3) is 0 Å². The van der Waals surface area contributed by atoms with E-state index in [-0.39, 0.29) is 11.3 Å². The number of halogens is 4. The minimum absolute atomic E-state index is 0.0544. The maximum Gasteiger partial charge on any atom is 0.165 e. The number of ether oxygens (including phenoxy) is 1. The third-order valence-corrected chi connectivity index (χ3v) is 3.72. The molecule has 0 aliphatic heterocycles. The van der Waals surface area contributed by atoms with E-state index in [0.717, 1.165) is 18.2 Å². The van der Waals surface area contributed by atoms with Gasteiger partial charge in [0.1, 0.15) is 11.6 Å². The second-order valence-corrected chi connectivity index (χ2v) is 4.84. The molecule has 1 unspecified atom stereocenters. The summed E-state index contributed by atoms with van der Waals surface area (Å²) in [6.45, 7) is 0. The summed E-state index contributed by atoms with van der Waals surface area (Å²) in [5, 5.41) is 0. The van der Waals surface area contributed by atoms with Crippen molar-refractivity contribution in [3.63, 3.8) is 0 Å². The topological polar surface area (TPSA) is 9.23 Å². The molecule has 0 aliphatic rings. The van der Waals surface area contributed by atoms with Crippen molar-refractivity contribution in [1.29, 1.82) is 0 Å². The fourth-order valence-corrected chi connectivity index (χ4v) is 2.36. The van der Waals surface area contributed by atoms with Gasteiger partial charge in [0.25, 0.3) is 0 Å². The Kier molecular flexibility index (Phi) is 4.14. The zero-order chi connectivity index (χ0) is 14.0. The second kappa shape index (κ2) is 5.65. The monoisotopic (exact) mass is 330 g/mol. The molecule has 0 amide bonds. The molecule has 0 fully saturated rings. The highest BCUT2D eigenvalue weighted by Gasteiger charge is 2.17. The SMILES string of the molecule is COc1cc(C(Br)c2cc(F)ccc2F)ccc1F. The first kappa shape index (κ1) is 13.9. The maximum atomic E-state index is 13.7. The Labute approximate surface area is 117 Å². The van der Waals surface area contributed by atoms with E-state index in [9.17, 15) is 13.2 Å². The summed E-state index contributed by atoms with van der Waals surface area (Å²) >= 11 is 3.28. The lowest BCUT2D eigenvalue weighted by Crippen LogP contribution is -1.99. The summed E-state index contributed by atoms with van der Waals surface area (Å²) in [4.78, 5) is -0.585. The molecular weight excluding hydrogens is 321 g/mol. The third-order valence-electron chi connectivity index (χ3n) is 2.70. The Morgan fingerprint density at radius 1 is 1.00 bits per heavy atom. The Balaban J connectivity index is 2.43. The molecule has 2 aromatic carbocycles. The third kappa shape index (κ3) is 2.92. The van der Waals surface area contributed by atoms with Crippen LogP contribution in [0.3, 0.4) is 0 Å². The standard InChI is InChI=1S/C14H10BrF3O/c1-19-13-6-8(2-4-12(13)18)14(15)10-7-9(16)3-5-11(10)17/h2-7,14H,1H3. The molecule has 0 heterocycles. The highest BCUT2D eigenvalue weighted by Crippen LogP contribution is 2.35. The Bertz CT molecular complexity index is 601. The van der Waals surface area contributed by atoms with Crippen LogP contribution in [0.1, 0.15) is 16.0 Å². The summed E-state index contributed by atoms with van der Waals surface area (Å²) in [5.41, 5.74) is 0.719. The van der Waals surface area contributed by atoms with Gasteiger partial charge in [-0.2, -0.15) is 0 Å². The van der Waals surface area contributed by atoms with E-state index in [0.29, 0.717) is 5.56 Å². The fraction of sp³-hybridized carbons (Fsp3) is 0.143. The summed E-state index contributed by atoms with van der Waals surface area (Å²) in [7, 11) is 1.34. The van der Waals surface area contributed by atoms with Crippen molar-refractivity contribution < 1.29 is 17.9 Å². The Morgan fingerprint density at radius 3 is 2.37 bits per heavy atom.